The summed E-state index contributed by atoms with van der Waals surface area (Å²) in [6, 6.07) is 9.11. The second kappa shape index (κ2) is 5.83. The predicted octanol–water partition coefficient (Wildman–Crippen LogP) is 1.81. The summed E-state index contributed by atoms with van der Waals surface area (Å²) in [5.41, 5.74) is 1.29. The molecule has 2 saturated carbocycles. The highest BCUT2D eigenvalue weighted by Crippen LogP contribution is 2.40. The number of para-hydroxylation sites is 1. The molecule has 0 aromatic heterocycles. The quantitative estimate of drug-likeness (QED) is 0.832. The molecule has 4 heteroatoms. The molecule has 0 aliphatic heterocycles. The smallest absolute Gasteiger partial charge is 0.234 e. The van der Waals surface area contributed by atoms with Gasteiger partial charge in [-0.25, -0.2) is 0 Å². The zero-order chi connectivity index (χ0) is 13.9. The Hall–Kier alpha value is -1.55. The van der Waals surface area contributed by atoms with E-state index in [1.807, 2.05) is 12.1 Å². The van der Waals surface area contributed by atoms with Crippen LogP contribution in [-0.2, 0) is 4.79 Å². The third kappa shape index (κ3) is 3.12. The molecule has 0 spiro atoms. The Kier molecular flexibility index (Phi) is 3.92. The van der Waals surface area contributed by atoms with Gasteiger partial charge in [-0.15, -0.1) is 0 Å². The fourth-order valence-corrected chi connectivity index (χ4v) is 2.79. The number of hydrogen-bond donors (Lipinski definition) is 2. The van der Waals surface area contributed by atoms with Gasteiger partial charge < -0.3 is 15.4 Å². The first kappa shape index (κ1) is 13.4. The zero-order valence-corrected chi connectivity index (χ0v) is 11.9. The van der Waals surface area contributed by atoms with Crippen molar-refractivity contribution in [2.75, 3.05) is 13.7 Å². The van der Waals surface area contributed by atoms with Crippen molar-refractivity contribution in [2.24, 2.45) is 0 Å². The number of rotatable bonds is 6. The largest absolute Gasteiger partial charge is 0.496 e. The van der Waals surface area contributed by atoms with Crippen LogP contribution in [0.3, 0.4) is 0 Å². The van der Waals surface area contributed by atoms with Crippen molar-refractivity contribution in [1.82, 2.24) is 10.6 Å². The van der Waals surface area contributed by atoms with E-state index in [1.54, 1.807) is 7.11 Å². The third-order valence-corrected chi connectivity index (χ3v) is 4.21. The molecule has 108 valence electrons. The van der Waals surface area contributed by atoms with Gasteiger partial charge in [-0.1, -0.05) is 18.2 Å². The number of nitrogens with one attached hydrogen (secondary N) is 2. The Balaban J connectivity index is 1.42. The van der Waals surface area contributed by atoms with Crippen LogP contribution >= 0.6 is 0 Å². The van der Waals surface area contributed by atoms with Crippen molar-refractivity contribution in [2.45, 2.75) is 43.7 Å². The number of amides is 1. The van der Waals surface area contributed by atoms with Crippen LogP contribution in [0.25, 0.3) is 0 Å². The molecule has 0 unspecified atom stereocenters. The predicted molar refractivity (Wildman–Crippen MR) is 77.9 cm³/mol. The molecule has 2 aliphatic carbocycles. The van der Waals surface area contributed by atoms with E-state index in [4.69, 9.17) is 4.74 Å². The summed E-state index contributed by atoms with van der Waals surface area (Å²) in [4.78, 5) is 11.6. The van der Waals surface area contributed by atoms with Gasteiger partial charge in [0.15, 0.2) is 0 Å². The van der Waals surface area contributed by atoms with Gasteiger partial charge in [0, 0.05) is 12.1 Å². The van der Waals surface area contributed by atoms with Gasteiger partial charge >= 0.3 is 0 Å². The molecule has 2 N–H and O–H groups in total. The van der Waals surface area contributed by atoms with Crippen molar-refractivity contribution in [3.05, 3.63) is 29.8 Å². The molecule has 1 aromatic rings. The monoisotopic (exact) mass is 274 g/mol. The van der Waals surface area contributed by atoms with Gasteiger partial charge in [-0.2, -0.15) is 0 Å². The van der Waals surface area contributed by atoms with Crippen molar-refractivity contribution >= 4 is 5.91 Å². The molecular weight excluding hydrogens is 252 g/mol. The number of ether oxygens (including phenoxy) is 1. The summed E-state index contributed by atoms with van der Waals surface area (Å²) in [7, 11) is 1.72. The summed E-state index contributed by atoms with van der Waals surface area (Å²) in [5.74, 6) is 1.66. The van der Waals surface area contributed by atoms with Crippen LogP contribution in [0.4, 0.5) is 0 Å². The summed E-state index contributed by atoms with van der Waals surface area (Å²) < 4.78 is 5.40. The van der Waals surface area contributed by atoms with Crippen LogP contribution in [0, 0.1) is 0 Å². The lowest BCUT2D eigenvalue weighted by molar-refractivity contribution is -0.120. The van der Waals surface area contributed by atoms with Gasteiger partial charge in [-0.3, -0.25) is 4.79 Å². The fraction of sp³-hybridized carbons (Fsp3) is 0.562. The molecule has 0 heterocycles. The lowest BCUT2D eigenvalue weighted by Gasteiger charge is -2.36. The standard InChI is InChI=1S/C16H22N2O2/c1-20-15-5-3-2-4-14(15)11-8-13(9-11)17-10-16(19)18-12-6-7-12/h2-5,11-13,17H,6-10H2,1H3,(H,18,19). The van der Waals surface area contributed by atoms with Crippen molar-refractivity contribution in [1.29, 1.82) is 0 Å². The summed E-state index contributed by atoms with van der Waals surface area (Å²) in [5, 5.41) is 6.33. The first-order chi connectivity index (χ1) is 9.76. The molecule has 0 radical (unpaired) electrons. The van der Waals surface area contributed by atoms with Crippen LogP contribution in [-0.4, -0.2) is 31.6 Å². The zero-order valence-electron chi connectivity index (χ0n) is 11.9. The Morgan fingerprint density at radius 1 is 1.25 bits per heavy atom. The Labute approximate surface area is 119 Å². The second-order valence-electron chi connectivity index (χ2n) is 5.83. The minimum atomic E-state index is 0.133. The molecule has 0 saturated heterocycles. The van der Waals surface area contributed by atoms with Crippen LogP contribution < -0.4 is 15.4 Å². The summed E-state index contributed by atoms with van der Waals surface area (Å²) >= 11 is 0. The highest BCUT2D eigenvalue weighted by atomic mass is 16.5. The molecule has 20 heavy (non-hydrogen) atoms. The molecule has 4 nitrogen and oxygen atoms in total. The Bertz CT molecular complexity index is 479. The fourth-order valence-electron chi connectivity index (χ4n) is 2.79. The van der Waals surface area contributed by atoms with Crippen LogP contribution in [0.15, 0.2) is 24.3 Å². The lowest BCUT2D eigenvalue weighted by Crippen LogP contribution is -2.45. The van der Waals surface area contributed by atoms with E-state index in [0.29, 0.717) is 24.5 Å². The van der Waals surface area contributed by atoms with E-state index in [2.05, 4.69) is 22.8 Å². The van der Waals surface area contributed by atoms with Crippen LogP contribution in [0.2, 0.25) is 0 Å². The molecule has 2 fully saturated rings. The van der Waals surface area contributed by atoms with Gasteiger partial charge in [0.05, 0.1) is 13.7 Å². The minimum absolute atomic E-state index is 0.133. The maximum Gasteiger partial charge on any atom is 0.234 e. The maximum absolute atomic E-state index is 11.6. The van der Waals surface area contributed by atoms with E-state index in [9.17, 15) is 4.79 Å². The molecule has 1 aromatic carbocycles. The normalized spacial score (nSPS) is 24.9. The number of carbonyl (C=O) groups excluding carboxylic acids is 1. The molecule has 1 amide bonds. The molecule has 0 bridgehead atoms. The van der Waals surface area contributed by atoms with E-state index in [-0.39, 0.29) is 5.91 Å². The molecule has 3 rings (SSSR count). The average molecular weight is 274 g/mol. The Morgan fingerprint density at radius 3 is 2.70 bits per heavy atom. The summed E-state index contributed by atoms with van der Waals surface area (Å²) in [6.07, 6.45) is 4.45. The number of methoxy groups -OCH3 is 1. The second-order valence-corrected chi connectivity index (χ2v) is 5.83. The van der Waals surface area contributed by atoms with E-state index in [0.717, 1.165) is 31.4 Å². The molecule has 0 atom stereocenters. The highest BCUT2D eigenvalue weighted by molar-refractivity contribution is 5.78. The Morgan fingerprint density at radius 2 is 2.00 bits per heavy atom. The van der Waals surface area contributed by atoms with Crippen LogP contribution in [0.1, 0.15) is 37.2 Å². The highest BCUT2D eigenvalue weighted by Gasteiger charge is 2.32. The minimum Gasteiger partial charge on any atom is -0.496 e. The van der Waals surface area contributed by atoms with E-state index >= 15 is 0 Å². The van der Waals surface area contributed by atoms with Crippen molar-refractivity contribution < 1.29 is 9.53 Å². The molecular formula is C16H22N2O2. The number of carbonyl (C=O) groups is 1. The average Bonchev–Trinajstić information content (AvgIpc) is 3.21. The van der Waals surface area contributed by atoms with Crippen LogP contribution in [0.5, 0.6) is 5.75 Å². The first-order valence-electron chi connectivity index (χ1n) is 7.42. The first-order valence-corrected chi connectivity index (χ1v) is 7.42. The molecule has 2 aliphatic rings. The maximum atomic E-state index is 11.6. The van der Waals surface area contributed by atoms with E-state index in [1.165, 1.54) is 5.56 Å². The van der Waals surface area contributed by atoms with Gasteiger partial charge in [0.1, 0.15) is 5.75 Å². The van der Waals surface area contributed by atoms with Gasteiger partial charge in [0.25, 0.3) is 0 Å². The summed E-state index contributed by atoms with van der Waals surface area (Å²) in [6.45, 7) is 0.444. The number of hydrogen-bond acceptors (Lipinski definition) is 3. The SMILES string of the molecule is COc1ccccc1C1CC(NCC(=O)NC2CC2)C1. The third-order valence-electron chi connectivity index (χ3n) is 4.21. The number of benzene rings is 1. The van der Waals surface area contributed by atoms with Crippen molar-refractivity contribution in [3.8, 4) is 5.75 Å². The van der Waals surface area contributed by atoms with Gasteiger partial charge in [-0.05, 0) is 43.2 Å². The van der Waals surface area contributed by atoms with Crippen molar-refractivity contribution in [3.63, 3.8) is 0 Å². The topological polar surface area (TPSA) is 50.4 Å². The lowest BCUT2D eigenvalue weighted by atomic mass is 9.75. The van der Waals surface area contributed by atoms with Gasteiger partial charge in [0.2, 0.25) is 5.91 Å². The van der Waals surface area contributed by atoms with E-state index < -0.39 is 0 Å².